The summed E-state index contributed by atoms with van der Waals surface area (Å²) in [5.74, 6) is -9.01. The van der Waals surface area contributed by atoms with Crippen molar-refractivity contribution in [2.75, 3.05) is 0 Å². The van der Waals surface area contributed by atoms with Gasteiger partial charge in [-0.3, -0.25) is 0 Å². The number of hydrogen-bond donors (Lipinski definition) is 0. The van der Waals surface area contributed by atoms with Crippen LogP contribution in [0.2, 0.25) is 0 Å². The van der Waals surface area contributed by atoms with Gasteiger partial charge in [-0.1, -0.05) is 24.3 Å². The normalized spacial score (nSPS) is 41.9. The molecule has 0 N–H and O–H groups in total. The van der Waals surface area contributed by atoms with Crippen molar-refractivity contribution in [1.82, 2.24) is 0 Å². The van der Waals surface area contributed by atoms with Gasteiger partial charge in [0.2, 0.25) is 0 Å². The van der Waals surface area contributed by atoms with Crippen LogP contribution in [-0.4, -0.2) is 11.8 Å². The third-order valence-electron chi connectivity index (χ3n) is 3.94. The summed E-state index contributed by atoms with van der Waals surface area (Å²) in [6.45, 7) is 0. The molecular formula is C11H10F4. The summed E-state index contributed by atoms with van der Waals surface area (Å²) in [5, 5.41) is 0. The predicted molar refractivity (Wildman–Crippen MR) is 46.8 cm³/mol. The molecule has 2 fully saturated rings. The van der Waals surface area contributed by atoms with Gasteiger partial charge in [0, 0.05) is 17.8 Å². The van der Waals surface area contributed by atoms with Gasteiger partial charge in [-0.2, -0.15) is 17.6 Å². The molecule has 3 aliphatic rings. The first-order valence-electron chi connectivity index (χ1n) is 5.02. The van der Waals surface area contributed by atoms with Crippen LogP contribution in [-0.2, 0) is 0 Å². The van der Waals surface area contributed by atoms with E-state index in [1.165, 1.54) is 0 Å². The molecule has 15 heavy (non-hydrogen) atoms. The van der Waals surface area contributed by atoms with Gasteiger partial charge in [0.05, 0.1) is 0 Å². The van der Waals surface area contributed by atoms with Gasteiger partial charge in [0.25, 0.3) is 0 Å². The van der Waals surface area contributed by atoms with Gasteiger partial charge < -0.3 is 0 Å². The Kier molecular flexibility index (Phi) is 1.45. The minimum absolute atomic E-state index is 0.290. The molecular weight excluding hydrogens is 208 g/mol. The zero-order valence-electron chi connectivity index (χ0n) is 7.89. The average Bonchev–Trinajstić information content (AvgIpc) is 2.58. The molecule has 0 bridgehead atoms. The molecule has 0 nitrogen and oxygen atoms in total. The molecule has 3 rings (SSSR count). The number of halogens is 4. The number of alkyl halides is 4. The first-order chi connectivity index (χ1) is 6.89. The summed E-state index contributed by atoms with van der Waals surface area (Å²) in [6.07, 6.45) is 7.24. The molecule has 0 saturated heterocycles. The number of allylic oxidation sites excluding steroid dienone is 4. The molecule has 0 aromatic heterocycles. The van der Waals surface area contributed by atoms with Crippen molar-refractivity contribution >= 4 is 0 Å². The lowest BCUT2D eigenvalue weighted by molar-refractivity contribution is -0.319. The predicted octanol–water partition coefficient (Wildman–Crippen LogP) is 3.41. The van der Waals surface area contributed by atoms with E-state index in [0.29, 0.717) is 6.42 Å². The van der Waals surface area contributed by atoms with Crippen LogP contribution < -0.4 is 0 Å². The Labute approximate surface area is 84.7 Å². The summed E-state index contributed by atoms with van der Waals surface area (Å²) in [6, 6.07) is 0. The standard InChI is InChI=1S/C11H10F4/c12-10(13)6-8(11(10,14)15)7-5-9(7)3-1-2-4-9/h1-4,7-8H,5-6H2. The summed E-state index contributed by atoms with van der Waals surface area (Å²) in [5.41, 5.74) is -0.315. The molecule has 0 aromatic rings. The SMILES string of the molecule is FC1(F)CC(C2CC23C=CC=C3)C1(F)F. The van der Waals surface area contributed by atoms with Crippen LogP contribution in [0.4, 0.5) is 17.6 Å². The molecule has 0 amide bonds. The van der Waals surface area contributed by atoms with Gasteiger partial charge >= 0.3 is 11.8 Å². The third-order valence-corrected chi connectivity index (χ3v) is 3.94. The highest BCUT2D eigenvalue weighted by Gasteiger charge is 2.77. The van der Waals surface area contributed by atoms with Crippen LogP contribution in [0, 0.1) is 17.3 Å². The fourth-order valence-corrected chi connectivity index (χ4v) is 2.82. The lowest BCUT2D eigenvalue weighted by Gasteiger charge is -2.44. The van der Waals surface area contributed by atoms with E-state index in [4.69, 9.17) is 0 Å². The average molecular weight is 218 g/mol. The Morgan fingerprint density at radius 1 is 0.867 bits per heavy atom. The van der Waals surface area contributed by atoms with Crippen molar-refractivity contribution in [3.05, 3.63) is 24.3 Å². The monoisotopic (exact) mass is 218 g/mol. The largest absolute Gasteiger partial charge is 0.313 e. The summed E-state index contributed by atoms with van der Waals surface area (Å²) >= 11 is 0. The molecule has 2 saturated carbocycles. The maximum Gasteiger partial charge on any atom is 0.313 e. The van der Waals surface area contributed by atoms with Crippen LogP contribution in [0.25, 0.3) is 0 Å². The van der Waals surface area contributed by atoms with Crippen molar-refractivity contribution < 1.29 is 17.6 Å². The fourth-order valence-electron chi connectivity index (χ4n) is 2.82. The Hall–Kier alpha value is -0.800. The second-order valence-corrected chi connectivity index (χ2v) is 4.78. The van der Waals surface area contributed by atoms with E-state index in [1.54, 1.807) is 12.2 Å². The Bertz CT molecular complexity index is 355. The van der Waals surface area contributed by atoms with E-state index in [9.17, 15) is 17.6 Å². The second-order valence-electron chi connectivity index (χ2n) is 4.78. The Balaban J connectivity index is 1.78. The second kappa shape index (κ2) is 2.30. The van der Waals surface area contributed by atoms with Crippen LogP contribution in [0.5, 0.6) is 0 Å². The maximum absolute atomic E-state index is 13.1. The highest BCUT2D eigenvalue weighted by molar-refractivity contribution is 5.35. The van der Waals surface area contributed by atoms with Gasteiger partial charge in [0.1, 0.15) is 0 Å². The van der Waals surface area contributed by atoms with Crippen LogP contribution >= 0.6 is 0 Å². The minimum atomic E-state index is -3.80. The molecule has 0 heterocycles. The molecule has 2 atom stereocenters. The van der Waals surface area contributed by atoms with Crippen molar-refractivity contribution in [3.63, 3.8) is 0 Å². The Morgan fingerprint density at radius 2 is 1.47 bits per heavy atom. The lowest BCUT2D eigenvalue weighted by Crippen LogP contribution is -2.59. The lowest BCUT2D eigenvalue weighted by atomic mass is 9.72. The number of rotatable bonds is 1. The minimum Gasteiger partial charge on any atom is -0.200 e. The zero-order valence-corrected chi connectivity index (χ0v) is 7.89. The Morgan fingerprint density at radius 3 is 1.93 bits per heavy atom. The van der Waals surface area contributed by atoms with Crippen LogP contribution in [0.3, 0.4) is 0 Å². The van der Waals surface area contributed by atoms with Gasteiger partial charge in [-0.05, 0) is 12.3 Å². The summed E-state index contributed by atoms with van der Waals surface area (Å²) in [4.78, 5) is 0. The molecule has 2 unspecified atom stereocenters. The molecule has 82 valence electrons. The van der Waals surface area contributed by atoms with Crippen molar-refractivity contribution in [2.45, 2.75) is 24.7 Å². The highest BCUT2D eigenvalue weighted by Crippen LogP contribution is 2.70. The van der Waals surface area contributed by atoms with E-state index in [0.717, 1.165) is 0 Å². The smallest absolute Gasteiger partial charge is 0.200 e. The van der Waals surface area contributed by atoms with E-state index < -0.39 is 24.2 Å². The maximum atomic E-state index is 13.1. The van der Waals surface area contributed by atoms with Crippen LogP contribution in [0.1, 0.15) is 12.8 Å². The van der Waals surface area contributed by atoms with Crippen molar-refractivity contribution in [2.24, 2.45) is 17.3 Å². The fraction of sp³-hybridized carbons (Fsp3) is 0.636. The molecule has 3 aliphatic carbocycles. The molecule has 0 radical (unpaired) electrons. The van der Waals surface area contributed by atoms with Crippen LogP contribution in [0.15, 0.2) is 24.3 Å². The summed E-state index contributed by atoms with van der Waals surface area (Å²) < 4.78 is 51.5. The molecule has 0 aliphatic heterocycles. The third kappa shape index (κ3) is 0.975. The highest BCUT2D eigenvalue weighted by atomic mass is 19.3. The quantitative estimate of drug-likeness (QED) is 0.591. The van der Waals surface area contributed by atoms with E-state index >= 15 is 0 Å². The first-order valence-corrected chi connectivity index (χ1v) is 5.02. The summed E-state index contributed by atoms with van der Waals surface area (Å²) in [7, 11) is 0. The molecule has 1 spiro atoms. The van der Waals surface area contributed by atoms with Gasteiger partial charge in [-0.15, -0.1) is 0 Å². The number of hydrogen-bond acceptors (Lipinski definition) is 0. The molecule has 4 heteroatoms. The van der Waals surface area contributed by atoms with Crippen molar-refractivity contribution in [1.29, 1.82) is 0 Å². The topological polar surface area (TPSA) is 0 Å². The van der Waals surface area contributed by atoms with E-state index in [-0.39, 0.29) is 11.3 Å². The van der Waals surface area contributed by atoms with Gasteiger partial charge in [0.15, 0.2) is 0 Å². The first kappa shape index (κ1) is 9.43. The van der Waals surface area contributed by atoms with E-state index in [1.807, 2.05) is 12.2 Å². The zero-order chi connectivity index (χ0) is 10.9. The van der Waals surface area contributed by atoms with Crippen molar-refractivity contribution in [3.8, 4) is 0 Å². The van der Waals surface area contributed by atoms with E-state index in [2.05, 4.69) is 0 Å². The van der Waals surface area contributed by atoms with Gasteiger partial charge in [-0.25, -0.2) is 0 Å². The molecule has 0 aromatic carbocycles.